The number of likely N-dealkylation sites (tertiary alicyclic amines) is 1. The van der Waals surface area contributed by atoms with Crippen LogP contribution >= 0.6 is 11.3 Å². The SMILES string of the molecule is Cc1sc(C(=O)N2CCC(C(=O)O)C2)cc1S(N)(=O)=O. The fraction of sp³-hybridized carbons (Fsp3) is 0.455. The summed E-state index contributed by atoms with van der Waals surface area (Å²) in [7, 11) is -3.85. The largest absolute Gasteiger partial charge is 0.481 e. The van der Waals surface area contributed by atoms with Gasteiger partial charge in [-0.1, -0.05) is 0 Å². The minimum absolute atomic E-state index is 0.0557. The first-order valence-corrected chi connectivity index (χ1v) is 8.21. The van der Waals surface area contributed by atoms with Crippen LogP contribution < -0.4 is 5.14 Å². The standard InChI is InChI=1S/C11H14N2O5S2/c1-6-9(20(12,17)18)4-8(19-6)10(14)13-3-2-7(5-13)11(15)16/h4,7H,2-3,5H2,1H3,(H,15,16)(H2,12,17,18). The van der Waals surface area contributed by atoms with E-state index in [0.717, 1.165) is 11.3 Å². The Morgan fingerprint density at radius 2 is 2.15 bits per heavy atom. The van der Waals surface area contributed by atoms with Gasteiger partial charge in [0.25, 0.3) is 5.91 Å². The molecular formula is C11H14N2O5S2. The van der Waals surface area contributed by atoms with Crippen LogP contribution in [0.4, 0.5) is 0 Å². The second-order valence-corrected chi connectivity index (χ2v) is 7.44. The van der Waals surface area contributed by atoms with Crippen LogP contribution in [0.15, 0.2) is 11.0 Å². The van der Waals surface area contributed by atoms with Gasteiger partial charge >= 0.3 is 5.97 Å². The van der Waals surface area contributed by atoms with E-state index in [0.29, 0.717) is 17.8 Å². The van der Waals surface area contributed by atoms with E-state index >= 15 is 0 Å². The van der Waals surface area contributed by atoms with Crippen LogP contribution in [-0.4, -0.2) is 43.4 Å². The molecule has 1 aromatic rings. The van der Waals surface area contributed by atoms with E-state index in [4.69, 9.17) is 10.2 Å². The highest BCUT2D eigenvalue weighted by atomic mass is 32.2. The molecule has 0 saturated carbocycles. The quantitative estimate of drug-likeness (QED) is 0.828. The summed E-state index contributed by atoms with van der Waals surface area (Å²) in [6, 6.07) is 1.26. The summed E-state index contributed by atoms with van der Waals surface area (Å²) in [5.41, 5.74) is 0. The molecule has 0 radical (unpaired) electrons. The van der Waals surface area contributed by atoms with Crippen LogP contribution in [0.2, 0.25) is 0 Å². The number of aryl methyl sites for hydroxylation is 1. The van der Waals surface area contributed by atoms with Gasteiger partial charge in [0.1, 0.15) is 0 Å². The molecule has 110 valence electrons. The van der Waals surface area contributed by atoms with Crippen LogP contribution in [0.3, 0.4) is 0 Å². The van der Waals surface area contributed by atoms with E-state index in [1.165, 1.54) is 11.0 Å². The molecule has 3 N–H and O–H groups in total. The molecule has 2 rings (SSSR count). The Labute approximate surface area is 120 Å². The smallest absolute Gasteiger partial charge is 0.308 e. The van der Waals surface area contributed by atoms with Crippen LogP contribution in [-0.2, 0) is 14.8 Å². The Bertz CT molecular complexity index is 664. The number of aliphatic carboxylic acids is 1. The number of carboxylic acids is 1. The van der Waals surface area contributed by atoms with E-state index in [-0.39, 0.29) is 22.2 Å². The first-order valence-electron chi connectivity index (χ1n) is 5.85. The molecule has 1 unspecified atom stereocenters. The fourth-order valence-corrected chi connectivity index (χ4v) is 4.27. The summed E-state index contributed by atoms with van der Waals surface area (Å²) < 4.78 is 22.7. The second-order valence-electron chi connectivity index (χ2n) is 4.65. The van der Waals surface area contributed by atoms with Gasteiger partial charge in [0, 0.05) is 18.0 Å². The van der Waals surface area contributed by atoms with Crippen molar-refractivity contribution in [2.75, 3.05) is 13.1 Å². The van der Waals surface area contributed by atoms with Crippen LogP contribution in [0, 0.1) is 12.8 Å². The number of nitrogens with two attached hydrogens (primary N) is 1. The maximum atomic E-state index is 12.2. The lowest BCUT2D eigenvalue weighted by Crippen LogP contribution is -2.29. The van der Waals surface area contributed by atoms with Crippen molar-refractivity contribution in [2.45, 2.75) is 18.2 Å². The number of sulfonamides is 1. The number of rotatable bonds is 3. The highest BCUT2D eigenvalue weighted by Gasteiger charge is 2.32. The van der Waals surface area contributed by atoms with Gasteiger partial charge in [-0.05, 0) is 19.4 Å². The number of hydrogen-bond acceptors (Lipinski definition) is 5. The number of thiophene rings is 1. The molecule has 0 aromatic carbocycles. The maximum Gasteiger partial charge on any atom is 0.308 e. The van der Waals surface area contributed by atoms with E-state index in [2.05, 4.69) is 0 Å². The predicted octanol–water partition coefficient (Wildman–Crippen LogP) is 0.251. The van der Waals surface area contributed by atoms with Crippen molar-refractivity contribution in [1.82, 2.24) is 4.90 Å². The minimum Gasteiger partial charge on any atom is -0.481 e. The molecule has 9 heteroatoms. The Morgan fingerprint density at radius 3 is 2.60 bits per heavy atom. The zero-order valence-electron chi connectivity index (χ0n) is 10.7. The molecule has 1 aliphatic heterocycles. The van der Waals surface area contributed by atoms with Gasteiger partial charge in [-0.15, -0.1) is 11.3 Å². The van der Waals surface area contributed by atoms with Crippen molar-refractivity contribution in [3.63, 3.8) is 0 Å². The van der Waals surface area contributed by atoms with E-state index in [1.54, 1.807) is 6.92 Å². The maximum absolute atomic E-state index is 12.2. The molecule has 20 heavy (non-hydrogen) atoms. The summed E-state index contributed by atoms with van der Waals surface area (Å²) in [5.74, 6) is -1.83. The topological polar surface area (TPSA) is 118 Å². The molecule has 1 amide bonds. The Balaban J connectivity index is 2.21. The summed E-state index contributed by atoms with van der Waals surface area (Å²) in [4.78, 5) is 25.2. The molecule has 1 fully saturated rings. The van der Waals surface area contributed by atoms with Gasteiger partial charge in [-0.2, -0.15) is 0 Å². The molecular weight excluding hydrogens is 304 g/mol. The van der Waals surface area contributed by atoms with E-state index in [9.17, 15) is 18.0 Å². The monoisotopic (exact) mass is 318 g/mol. The third-order valence-electron chi connectivity index (χ3n) is 3.21. The summed E-state index contributed by atoms with van der Waals surface area (Å²) in [5, 5.41) is 14.0. The number of carbonyl (C=O) groups is 2. The number of primary sulfonamides is 1. The lowest BCUT2D eigenvalue weighted by molar-refractivity contribution is -0.141. The van der Waals surface area contributed by atoms with Crippen molar-refractivity contribution in [1.29, 1.82) is 0 Å². The van der Waals surface area contributed by atoms with E-state index in [1.807, 2.05) is 0 Å². The summed E-state index contributed by atoms with van der Waals surface area (Å²) >= 11 is 1.05. The van der Waals surface area contributed by atoms with Crippen molar-refractivity contribution < 1.29 is 23.1 Å². The fourth-order valence-electron chi connectivity index (χ4n) is 2.16. The van der Waals surface area contributed by atoms with Crippen molar-refractivity contribution in [2.24, 2.45) is 11.1 Å². The molecule has 0 spiro atoms. The molecule has 1 aromatic heterocycles. The number of carboxylic acid groups (broad SMARTS) is 1. The second kappa shape index (κ2) is 5.15. The minimum atomic E-state index is -3.85. The third-order valence-corrected chi connectivity index (χ3v) is 5.42. The Hall–Kier alpha value is -1.45. The average Bonchev–Trinajstić information content (AvgIpc) is 2.93. The van der Waals surface area contributed by atoms with Gasteiger partial charge < -0.3 is 10.0 Å². The van der Waals surface area contributed by atoms with Gasteiger partial charge in [0.05, 0.1) is 15.7 Å². The summed E-state index contributed by atoms with van der Waals surface area (Å²) in [6.45, 7) is 2.08. The number of carbonyl (C=O) groups excluding carboxylic acids is 1. The zero-order valence-corrected chi connectivity index (χ0v) is 12.3. The normalized spacial score (nSPS) is 19.3. The van der Waals surface area contributed by atoms with Gasteiger partial charge in [-0.25, -0.2) is 13.6 Å². The number of hydrogen-bond donors (Lipinski definition) is 2. The molecule has 7 nitrogen and oxygen atoms in total. The van der Waals surface area contributed by atoms with Gasteiger partial charge in [0.2, 0.25) is 10.0 Å². The Morgan fingerprint density at radius 1 is 1.50 bits per heavy atom. The first-order chi connectivity index (χ1) is 9.20. The third kappa shape index (κ3) is 2.84. The Kier molecular flexibility index (Phi) is 3.85. The van der Waals surface area contributed by atoms with Crippen molar-refractivity contribution in [3.05, 3.63) is 15.8 Å². The van der Waals surface area contributed by atoms with Gasteiger partial charge in [-0.3, -0.25) is 9.59 Å². The van der Waals surface area contributed by atoms with Crippen LogP contribution in [0.25, 0.3) is 0 Å². The van der Waals surface area contributed by atoms with E-state index < -0.39 is 21.9 Å². The molecule has 1 atom stereocenters. The van der Waals surface area contributed by atoms with Crippen molar-refractivity contribution >= 4 is 33.2 Å². The lowest BCUT2D eigenvalue weighted by Gasteiger charge is -2.14. The predicted molar refractivity (Wildman–Crippen MR) is 72.1 cm³/mol. The highest BCUT2D eigenvalue weighted by molar-refractivity contribution is 7.89. The molecule has 1 saturated heterocycles. The van der Waals surface area contributed by atoms with Crippen LogP contribution in [0.1, 0.15) is 21.0 Å². The summed E-state index contributed by atoms with van der Waals surface area (Å²) in [6.07, 6.45) is 0.410. The highest BCUT2D eigenvalue weighted by Crippen LogP contribution is 2.27. The molecule has 0 bridgehead atoms. The van der Waals surface area contributed by atoms with Gasteiger partial charge in [0.15, 0.2) is 0 Å². The molecule has 2 heterocycles. The average molecular weight is 318 g/mol. The molecule has 0 aliphatic carbocycles. The molecule has 1 aliphatic rings. The number of nitrogens with zero attached hydrogens (tertiary/aromatic N) is 1. The van der Waals surface area contributed by atoms with Crippen molar-refractivity contribution in [3.8, 4) is 0 Å². The van der Waals surface area contributed by atoms with Crippen LogP contribution in [0.5, 0.6) is 0 Å². The number of amides is 1. The lowest BCUT2D eigenvalue weighted by atomic mass is 10.1. The zero-order chi connectivity index (χ0) is 15.1. The first kappa shape index (κ1) is 14.9.